The standard InChI is InChI=1S/C29H24ClF3N2O4/c1-17-26(25-16-38-13-12-35(25)28(36)37)23-11-8-21(30)15-24(23)34-27(17)20-6-2-18(3-7-20)14-19-4-9-22(10-5-19)39-29(31,32)33/h2-11,15,25H,12-14,16H2,1H3,(H,36,37). The van der Waals surface area contributed by atoms with E-state index in [9.17, 15) is 23.1 Å². The van der Waals surface area contributed by atoms with Crippen LogP contribution in [-0.4, -0.2) is 47.2 Å². The molecule has 1 atom stereocenters. The third-order valence-corrected chi connectivity index (χ3v) is 6.98. The lowest BCUT2D eigenvalue weighted by Crippen LogP contribution is -2.43. The molecule has 1 N–H and O–H groups in total. The summed E-state index contributed by atoms with van der Waals surface area (Å²) in [5.74, 6) is -0.264. The molecule has 1 aliphatic rings. The topological polar surface area (TPSA) is 71.9 Å². The Balaban J connectivity index is 1.48. The van der Waals surface area contributed by atoms with Crippen LogP contribution < -0.4 is 4.74 Å². The number of alkyl halides is 3. The van der Waals surface area contributed by atoms with Gasteiger partial charge in [-0.1, -0.05) is 54.1 Å². The van der Waals surface area contributed by atoms with Crippen LogP contribution in [0.5, 0.6) is 5.75 Å². The number of amides is 1. The predicted octanol–water partition coefficient (Wildman–Crippen LogP) is 7.40. The summed E-state index contributed by atoms with van der Waals surface area (Å²) in [5, 5.41) is 11.2. The highest BCUT2D eigenvalue weighted by atomic mass is 35.5. The molecule has 202 valence electrons. The molecule has 1 aliphatic heterocycles. The molecule has 0 radical (unpaired) electrons. The molecule has 1 unspecified atom stereocenters. The van der Waals surface area contributed by atoms with Crippen LogP contribution in [0.4, 0.5) is 18.0 Å². The molecular formula is C29H24ClF3N2O4. The van der Waals surface area contributed by atoms with Crippen molar-refractivity contribution >= 4 is 28.6 Å². The van der Waals surface area contributed by atoms with Crippen LogP contribution in [0.2, 0.25) is 5.02 Å². The van der Waals surface area contributed by atoms with E-state index in [0.717, 1.165) is 33.2 Å². The predicted molar refractivity (Wildman–Crippen MR) is 141 cm³/mol. The van der Waals surface area contributed by atoms with E-state index in [1.165, 1.54) is 17.0 Å². The van der Waals surface area contributed by atoms with Gasteiger partial charge in [0.05, 0.1) is 30.5 Å². The highest BCUT2D eigenvalue weighted by molar-refractivity contribution is 6.31. The number of hydrogen-bond donors (Lipinski definition) is 1. The second-order valence-electron chi connectivity index (χ2n) is 9.29. The normalized spacial score (nSPS) is 15.9. The maximum Gasteiger partial charge on any atom is 0.573 e. The fourth-order valence-corrected chi connectivity index (χ4v) is 5.13. The fraction of sp³-hybridized carbons (Fsp3) is 0.241. The van der Waals surface area contributed by atoms with Gasteiger partial charge in [0, 0.05) is 22.5 Å². The van der Waals surface area contributed by atoms with E-state index >= 15 is 0 Å². The molecule has 1 aromatic heterocycles. The monoisotopic (exact) mass is 556 g/mol. The van der Waals surface area contributed by atoms with Crippen molar-refractivity contribution in [1.82, 2.24) is 9.88 Å². The highest BCUT2D eigenvalue weighted by Gasteiger charge is 2.32. The van der Waals surface area contributed by atoms with Gasteiger partial charge < -0.3 is 14.6 Å². The average Bonchev–Trinajstić information content (AvgIpc) is 2.89. The number of rotatable bonds is 5. The number of carboxylic acid groups (broad SMARTS) is 1. The summed E-state index contributed by atoms with van der Waals surface area (Å²) in [4.78, 5) is 18.3. The van der Waals surface area contributed by atoms with E-state index in [2.05, 4.69) is 4.74 Å². The number of pyridine rings is 1. The van der Waals surface area contributed by atoms with Crippen molar-refractivity contribution in [2.75, 3.05) is 19.8 Å². The number of nitrogens with zero attached hydrogens (tertiary/aromatic N) is 2. The van der Waals surface area contributed by atoms with Crippen molar-refractivity contribution in [3.8, 4) is 17.0 Å². The third-order valence-electron chi connectivity index (χ3n) is 6.74. The second kappa shape index (κ2) is 10.7. The Morgan fingerprint density at radius 1 is 1.10 bits per heavy atom. The van der Waals surface area contributed by atoms with Gasteiger partial charge in [-0.25, -0.2) is 9.78 Å². The van der Waals surface area contributed by atoms with E-state index < -0.39 is 18.5 Å². The lowest BCUT2D eigenvalue weighted by Gasteiger charge is -2.35. The van der Waals surface area contributed by atoms with Crippen molar-refractivity contribution in [1.29, 1.82) is 0 Å². The summed E-state index contributed by atoms with van der Waals surface area (Å²) in [5.41, 5.74) is 5.67. The van der Waals surface area contributed by atoms with Crippen LogP contribution in [0.3, 0.4) is 0 Å². The van der Waals surface area contributed by atoms with Gasteiger partial charge in [0.25, 0.3) is 0 Å². The largest absolute Gasteiger partial charge is 0.573 e. The van der Waals surface area contributed by atoms with Crippen LogP contribution >= 0.6 is 11.6 Å². The summed E-state index contributed by atoms with van der Waals surface area (Å²) in [6.45, 7) is 2.77. The molecule has 3 aromatic carbocycles. The van der Waals surface area contributed by atoms with Gasteiger partial charge in [0.2, 0.25) is 0 Å². The Kier molecular flexibility index (Phi) is 7.38. The molecule has 6 nitrogen and oxygen atoms in total. The van der Waals surface area contributed by atoms with Gasteiger partial charge in [-0.15, -0.1) is 13.2 Å². The van der Waals surface area contributed by atoms with Crippen LogP contribution in [-0.2, 0) is 11.2 Å². The van der Waals surface area contributed by atoms with Crippen LogP contribution in [0.25, 0.3) is 22.2 Å². The van der Waals surface area contributed by atoms with Crippen LogP contribution in [0.15, 0.2) is 66.7 Å². The van der Waals surface area contributed by atoms with Crippen molar-refractivity contribution < 1.29 is 32.5 Å². The molecule has 10 heteroatoms. The number of halogens is 4. The molecule has 4 aromatic rings. The van der Waals surface area contributed by atoms with Gasteiger partial charge in [0.1, 0.15) is 5.75 Å². The first-order valence-electron chi connectivity index (χ1n) is 12.2. The number of carbonyl (C=O) groups is 1. The summed E-state index contributed by atoms with van der Waals surface area (Å²) >= 11 is 6.28. The Morgan fingerprint density at radius 3 is 2.41 bits per heavy atom. The van der Waals surface area contributed by atoms with E-state index in [1.54, 1.807) is 24.3 Å². The minimum atomic E-state index is -4.73. The van der Waals surface area contributed by atoms with Gasteiger partial charge >= 0.3 is 12.5 Å². The average molecular weight is 557 g/mol. The van der Waals surface area contributed by atoms with Crippen molar-refractivity contribution in [2.45, 2.75) is 25.7 Å². The quantitative estimate of drug-likeness (QED) is 0.277. The second-order valence-corrected chi connectivity index (χ2v) is 9.73. The number of ether oxygens (including phenoxy) is 2. The number of hydrogen-bond acceptors (Lipinski definition) is 4. The first-order chi connectivity index (χ1) is 18.6. The minimum absolute atomic E-state index is 0.236. The number of benzene rings is 3. The lowest BCUT2D eigenvalue weighted by atomic mass is 9.91. The highest BCUT2D eigenvalue weighted by Crippen LogP contribution is 2.38. The molecule has 1 saturated heterocycles. The SMILES string of the molecule is Cc1c(-c2ccc(Cc3ccc(OC(F)(F)F)cc3)cc2)nc2cc(Cl)ccc2c1C1COCCN1C(=O)O. The van der Waals surface area contributed by atoms with E-state index in [1.807, 2.05) is 37.3 Å². The fourth-order valence-electron chi connectivity index (χ4n) is 4.97. The molecule has 1 fully saturated rings. The molecule has 2 heterocycles. The van der Waals surface area contributed by atoms with Gasteiger partial charge in [0.15, 0.2) is 0 Å². The molecule has 39 heavy (non-hydrogen) atoms. The summed E-state index contributed by atoms with van der Waals surface area (Å²) < 4.78 is 46.9. The van der Waals surface area contributed by atoms with Gasteiger partial charge in [-0.3, -0.25) is 4.90 Å². The first-order valence-corrected chi connectivity index (χ1v) is 12.6. The van der Waals surface area contributed by atoms with Crippen molar-refractivity contribution in [2.24, 2.45) is 0 Å². The molecule has 5 rings (SSSR count). The molecular weight excluding hydrogens is 533 g/mol. The lowest BCUT2D eigenvalue weighted by molar-refractivity contribution is -0.274. The zero-order valence-corrected chi connectivity index (χ0v) is 21.6. The number of fused-ring (bicyclic) bond motifs is 1. The maximum atomic E-state index is 12.4. The summed E-state index contributed by atoms with van der Waals surface area (Å²) in [7, 11) is 0. The molecule has 1 amide bonds. The first kappa shape index (κ1) is 26.8. The molecule has 0 bridgehead atoms. The minimum Gasteiger partial charge on any atom is -0.465 e. The van der Waals surface area contributed by atoms with Crippen LogP contribution in [0.1, 0.15) is 28.3 Å². The molecule has 0 saturated carbocycles. The Bertz CT molecular complexity index is 1510. The number of morpholine rings is 1. The zero-order valence-electron chi connectivity index (χ0n) is 20.8. The molecule has 0 spiro atoms. The van der Waals surface area contributed by atoms with Gasteiger partial charge in [-0.05, 0) is 59.9 Å². The van der Waals surface area contributed by atoms with Gasteiger partial charge in [-0.2, -0.15) is 0 Å². The Labute approximate surface area is 227 Å². The van der Waals surface area contributed by atoms with E-state index in [4.69, 9.17) is 21.3 Å². The number of aromatic nitrogens is 1. The maximum absolute atomic E-state index is 12.4. The Hall–Kier alpha value is -3.82. The van der Waals surface area contributed by atoms with Crippen molar-refractivity contribution in [3.05, 3.63) is 94.0 Å². The summed E-state index contributed by atoms with van der Waals surface area (Å²) in [6, 6.07) is 18.4. The summed E-state index contributed by atoms with van der Waals surface area (Å²) in [6.07, 6.45) is -5.22. The van der Waals surface area contributed by atoms with E-state index in [0.29, 0.717) is 29.3 Å². The smallest absolute Gasteiger partial charge is 0.465 e. The Morgan fingerprint density at radius 2 is 1.77 bits per heavy atom. The van der Waals surface area contributed by atoms with E-state index in [-0.39, 0.29) is 18.9 Å². The zero-order chi connectivity index (χ0) is 27.7. The van der Waals surface area contributed by atoms with Crippen molar-refractivity contribution in [3.63, 3.8) is 0 Å². The third kappa shape index (κ3) is 5.94. The van der Waals surface area contributed by atoms with Crippen LogP contribution in [0, 0.1) is 6.92 Å². The molecule has 0 aliphatic carbocycles.